The Labute approximate surface area is 166 Å². The number of hydrogen-bond acceptors (Lipinski definition) is 8. The summed E-state index contributed by atoms with van der Waals surface area (Å²) in [6.45, 7) is 1.02. The Bertz CT molecular complexity index is 942. The zero-order valence-corrected chi connectivity index (χ0v) is 16.3. The first-order valence-electron chi connectivity index (χ1n) is 8.32. The van der Waals surface area contributed by atoms with Gasteiger partial charge in [-0.2, -0.15) is 0 Å². The van der Waals surface area contributed by atoms with Gasteiger partial charge in [-0.1, -0.05) is 0 Å². The summed E-state index contributed by atoms with van der Waals surface area (Å²) in [5.41, 5.74) is 0.631. The van der Waals surface area contributed by atoms with Gasteiger partial charge in [0, 0.05) is 17.8 Å². The quantitative estimate of drug-likeness (QED) is 0.404. The minimum atomic E-state index is -0.770. The number of carbonyl (C=O) groups is 2. The lowest BCUT2D eigenvalue weighted by Gasteiger charge is -2.12. The first-order valence-corrected chi connectivity index (χ1v) is 8.32. The molecule has 0 radical (unpaired) electrons. The predicted molar refractivity (Wildman–Crippen MR) is 103 cm³/mol. The van der Waals surface area contributed by atoms with Gasteiger partial charge in [-0.25, -0.2) is 4.79 Å². The average molecular weight is 404 g/mol. The molecule has 0 aliphatic carbocycles. The Morgan fingerprint density at radius 1 is 1.03 bits per heavy atom. The summed E-state index contributed by atoms with van der Waals surface area (Å²) in [4.78, 5) is 34.9. The van der Waals surface area contributed by atoms with Crippen LogP contribution >= 0.6 is 0 Å². The van der Waals surface area contributed by atoms with Crippen LogP contribution in [0.1, 0.15) is 15.9 Å². The minimum absolute atomic E-state index is 0.00554. The van der Waals surface area contributed by atoms with Crippen LogP contribution in [0.25, 0.3) is 0 Å². The molecule has 2 rings (SSSR count). The zero-order chi connectivity index (χ0) is 21.6. The fraction of sp³-hybridized carbons (Fsp3) is 0.263. The van der Waals surface area contributed by atoms with Crippen molar-refractivity contribution < 1.29 is 33.5 Å². The number of aryl methyl sites for hydroxylation is 1. The van der Waals surface area contributed by atoms with Gasteiger partial charge in [0.25, 0.3) is 5.91 Å². The number of esters is 1. The van der Waals surface area contributed by atoms with Crippen molar-refractivity contribution in [3.63, 3.8) is 0 Å². The largest absolute Gasteiger partial charge is 0.497 e. The monoisotopic (exact) mass is 404 g/mol. The van der Waals surface area contributed by atoms with Crippen LogP contribution < -0.4 is 19.5 Å². The number of hydrogen-bond donors (Lipinski definition) is 1. The van der Waals surface area contributed by atoms with Crippen LogP contribution in [0, 0.1) is 17.0 Å². The normalized spacial score (nSPS) is 10.1. The number of nitrogens with one attached hydrogen (secondary N) is 1. The molecule has 0 heterocycles. The molecule has 0 bridgehead atoms. The maximum atomic E-state index is 12.3. The van der Waals surface area contributed by atoms with Gasteiger partial charge >= 0.3 is 11.7 Å². The van der Waals surface area contributed by atoms with E-state index in [9.17, 15) is 19.7 Å². The van der Waals surface area contributed by atoms with Crippen molar-refractivity contribution in [1.29, 1.82) is 0 Å². The molecule has 2 aromatic carbocycles. The van der Waals surface area contributed by atoms with Crippen LogP contribution in [-0.2, 0) is 9.53 Å². The molecule has 1 N–H and O–H groups in total. The molecule has 0 spiro atoms. The lowest BCUT2D eigenvalue weighted by molar-refractivity contribution is -0.385. The molecule has 29 heavy (non-hydrogen) atoms. The van der Waals surface area contributed by atoms with E-state index in [1.54, 1.807) is 19.1 Å². The summed E-state index contributed by atoms with van der Waals surface area (Å²) in [6, 6.07) is 7.21. The molecule has 0 atom stereocenters. The SMILES string of the molecule is COc1ccc(OC)c(C(=O)OCC(=O)Nc2cc(OC)c([N+](=O)[O-])cc2C)c1. The molecule has 0 fully saturated rings. The molecule has 0 saturated carbocycles. The van der Waals surface area contributed by atoms with Gasteiger partial charge in [-0.3, -0.25) is 14.9 Å². The second kappa shape index (κ2) is 9.40. The summed E-state index contributed by atoms with van der Waals surface area (Å²) >= 11 is 0. The lowest BCUT2D eigenvalue weighted by Crippen LogP contribution is -2.21. The summed E-state index contributed by atoms with van der Waals surface area (Å²) in [5, 5.41) is 13.6. The number of anilines is 1. The van der Waals surface area contributed by atoms with E-state index in [-0.39, 0.29) is 22.7 Å². The molecule has 0 aromatic heterocycles. The molecule has 2 aromatic rings. The van der Waals surface area contributed by atoms with Gasteiger partial charge < -0.3 is 24.3 Å². The molecule has 10 heteroatoms. The fourth-order valence-corrected chi connectivity index (χ4v) is 2.48. The van der Waals surface area contributed by atoms with Gasteiger partial charge in [0.1, 0.15) is 17.1 Å². The summed E-state index contributed by atoms with van der Waals surface area (Å²) in [5.74, 6) is -0.704. The second-order valence-electron chi connectivity index (χ2n) is 5.79. The summed E-state index contributed by atoms with van der Waals surface area (Å²) in [7, 11) is 4.13. The van der Waals surface area contributed by atoms with Crippen molar-refractivity contribution in [3.05, 3.63) is 51.6 Å². The van der Waals surface area contributed by atoms with Crippen molar-refractivity contribution in [2.24, 2.45) is 0 Å². The van der Waals surface area contributed by atoms with E-state index < -0.39 is 23.4 Å². The average Bonchev–Trinajstić information content (AvgIpc) is 2.72. The first-order chi connectivity index (χ1) is 13.8. The number of nitro benzene ring substituents is 1. The van der Waals surface area contributed by atoms with Crippen molar-refractivity contribution in [2.75, 3.05) is 33.3 Å². The number of nitrogens with zero attached hydrogens (tertiary/aromatic N) is 1. The highest BCUT2D eigenvalue weighted by atomic mass is 16.6. The highest BCUT2D eigenvalue weighted by Gasteiger charge is 2.20. The number of carbonyl (C=O) groups excluding carboxylic acids is 2. The molecule has 0 aliphatic rings. The van der Waals surface area contributed by atoms with Crippen molar-refractivity contribution >= 4 is 23.3 Å². The Morgan fingerprint density at radius 2 is 1.72 bits per heavy atom. The van der Waals surface area contributed by atoms with Gasteiger partial charge in [0.15, 0.2) is 12.4 Å². The van der Waals surface area contributed by atoms with Gasteiger partial charge in [-0.15, -0.1) is 0 Å². The third-order valence-electron chi connectivity index (χ3n) is 3.96. The highest BCUT2D eigenvalue weighted by Crippen LogP contribution is 2.32. The third kappa shape index (κ3) is 5.12. The van der Waals surface area contributed by atoms with E-state index in [1.807, 2.05) is 0 Å². The Kier molecular flexibility index (Phi) is 6.96. The third-order valence-corrected chi connectivity index (χ3v) is 3.96. The van der Waals surface area contributed by atoms with Crippen molar-refractivity contribution in [1.82, 2.24) is 0 Å². The zero-order valence-electron chi connectivity index (χ0n) is 16.3. The Balaban J connectivity index is 2.09. The molecule has 0 saturated heterocycles. The number of amides is 1. The maximum absolute atomic E-state index is 12.3. The van der Waals surface area contributed by atoms with E-state index in [0.29, 0.717) is 17.0 Å². The lowest BCUT2D eigenvalue weighted by atomic mass is 10.1. The molecule has 10 nitrogen and oxygen atoms in total. The Morgan fingerprint density at radius 3 is 2.31 bits per heavy atom. The summed E-state index contributed by atoms with van der Waals surface area (Å²) < 4.78 is 20.2. The van der Waals surface area contributed by atoms with Crippen molar-refractivity contribution in [3.8, 4) is 17.2 Å². The summed E-state index contributed by atoms with van der Waals surface area (Å²) in [6.07, 6.45) is 0. The van der Waals surface area contributed by atoms with Crippen LogP contribution in [0.4, 0.5) is 11.4 Å². The van der Waals surface area contributed by atoms with Gasteiger partial charge in [0.2, 0.25) is 0 Å². The number of methoxy groups -OCH3 is 3. The second-order valence-corrected chi connectivity index (χ2v) is 5.79. The maximum Gasteiger partial charge on any atom is 0.342 e. The van der Waals surface area contributed by atoms with Gasteiger partial charge in [-0.05, 0) is 30.7 Å². The molecular formula is C19H20N2O8. The topological polar surface area (TPSA) is 126 Å². The number of nitro groups is 1. The molecular weight excluding hydrogens is 384 g/mol. The fourth-order valence-electron chi connectivity index (χ4n) is 2.48. The van der Waals surface area contributed by atoms with E-state index >= 15 is 0 Å². The highest BCUT2D eigenvalue weighted by molar-refractivity contribution is 5.97. The van der Waals surface area contributed by atoms with E-state index in [1.165, 1.54) is 39.5 Å². The van der Waals surface area contributed by atoms with Crippen LogP contribution in [0.3, 0.4) is 0 Å². The molecule has 1 amide bonds. The number of ether oxygens (including phenoxy) is 4. The predicted octanol–water partition coefficient (Wildman–Crippen LogP) is 2.72. The van der Waals surface area contributed by atoms with Crippen LogP contribution in [0.2, 0.25) is 0 Å². The van der Waals surface area contributed by atoms with Gasteiger partial charge in [0.05, 0.1) is 26.3 Å². The first kappa shape index (κ1) is 21.5. The van der Waals surface area contributed by atoms with E-state index in [0.717, 1.165) is 0 Å². The number of rotatable bonds is 8. The van der Waals surface area contributed by atoms with Crippen LogP contribution in [0.5, 0.6) is 17.2 Å². The van der Waals surface area contributed by atoms with E-state index in [4.69, 9.17) is 18.9 Å². The minimum Gasteiger partial charge on any atom is -0.497 e. The van der Waals surface area contributed by atoms with E-state index in [2.05, 4.69) is 5.32 Å². The smallest absolute Gasteiger partial charge is 0.342 e. The van der Waals surface area contributed by atoms with Crippen LogP contribution in [0.15, 0.2) is 30.3 Å². The molecule has 154 valence electrons. The molecule has 0 unspecified atom stereocenters. The molecule has 0 aliphatic heterocycles. The van der Waals surface area contributed by atoms with Crippen molar-refractivity contribution in [2.45, 2.75) is 6.92 Å². The Hall–Kier alpha value is -3.82. The number of benzene rings is 2. The van der Waals surface area contributed by atoms with Crippen LogP contribution in [-0.4, -0.2) is 44.7 Å². The standard InChI is InChI=1S/C19H20N2O8/c1-11-7-15(21(24)25)17(28-4)9-14(11)20-18(22)10-29-19(23)13-8-12(26-2)5-6-16(13)27-3/h5-9H,10H2,1-4H3,(H,20,22).